The van der Waals surface area contributed by atoms with Crippen LogP contribution in [0.2, 0.25) is 0 Å². The maximum absolute atomic E-state index is 5.06. The summed E-state index contributed by atoms with van der Waals surface area (Å²) < 4.78 is 0. The van der Waals surface area contributed by atoms with Crippen molar-refractivity contribution >= 4 is 32.3 Å². The fourth-order valence-electron chi connectivity index (χ4n) is 5.23. The number of hydrogen-bond acceptors (Lipinski definition) is 3. The van der Waals surface area contributed by atoms with Crippen LogP contribution in [0.5, 0.6) is 0 Å². The van der Waals surface area contributed by atoms with Crippen molar-refractivity contribution in [1.29, 1.82) is 0 Å². The van der Waals surface area contributed by atoms with Crippen LogP contribution in [-0.4, -0.2) is 15.0 Å². The smallest absolute Gasteiger partial charge is 0.160 e. The van der Waals surface area contributed by atoms with Gasteiger partial charge < -0.3 is 0 Å². The van der Waals surface area contributed by atoms with Crippen LogP contribution < -0.4 is 0 Å². The van der Waals surface area contributed by atoms with Gasteiger partial charge in [0.15, 0.2) is 5.82 Å². The fourth-order valence-corrected chi connectivity index (χ4v) is 5.23. The molecule has 0 atom stereocenters. The van der Waals surface area contributed by atoms with Gasteiger partial charge in [-0.3, -0.25) is 4.98 Å². The first-order valence-electron chi connectivity index (χ1n) is 12.5. The molecule has 0 aliphatic carbocycles. The molecule has 0 aliphatic rings. The van der Waals surface area contributed by atoms with Crippen molar-refractivity contribution in [2.75, 3.05) is 0 Å². The number of hydrogen-bond donors (Lipinski definition) is 0. The van der Waals surface area contributed by atoms with Gasteiger partial charge in [0.25, 0.3) is 0 Å². The number of aromatic nitrogens is 3. The normalized spacial score (nSPS) is 11.4. The highest BCUT2D eigenvalue weighted by Crippen LogP contribution is 2.35. The van der Waals surface area contributed by atoms with Crippen LogP contribution in [0.1, 0.15) is 5.69 Å². The Hall–Kier alpha value is -4.89. The number of aryl methyl sites for hydroxylation is 1. The van der Waals surface area contributed by atoms with Gasteiger partial charge in [-0.1, -0.05) is 97.1 Å². The zero-order valence-corrected chi connectivity index (χ0v) is 20.4. The van der Waals surface area contributed by atoms with Gasteiger partial charge >= 0.3 is 0 Å². The molecule has 0 N–H and O–H groups in total. The van der Waals surface area contributed by atoms with Gasteiger partial charge in [-0.2, -0.15) is 0 Å². The first-order chi connectivity index (χ1) is 18.2. The average Bonchev–Trinajstić information content (AvgIpc) is 2.96. The summed E-state index contributed by atoms with van der Waals surface area (Å²) in [6.07, 6.45) is 1.87. The van der Waals surface area contributed by atoms with Gasteiger partial charge in [0, 0.05) is 34.0 Å². The Morgan fingerprint density at radius 2 is 1.16 bits per heavy atom. The lowest BCUT2D eigenvalue weighted by atomic mass is 9.95. The predicted octanol–water partition coefficient (Wildman–Crippen LogP) is 8.64. The summed E-state index contributed by atoms with van der Waals surface area (Å²) in [6, 6.07) is 40.2. The molecule has 7 aromatic rings. The van der Waals surface area contributed by atoms with Crippen LogP contribution >= 0.6 is 0 Å². The standard InChI is InChI=1S/C34H23N3/c1-22-20-32(31-21-26-9-3-4-10-27(26)29-12-6-7-13-30(29)31)37-34(36-22)25-16-14-24(15-17-25)33-28-11-5-2-8-23(28)18-19-35-33/h2-21H,1H3. The highest BCUT2D eigenvalue weighted by molar-refractivity contribution is 6.13. The molecule has 0 amide bonds. The van der Waals surface area contributed by atoms with E-state index in [0.717, 1.165) is 45.0 Å². The summed E-state index contributed by atoms with van der Waals surface area (Å²) in [7, 11) is 0. The maximum Gasteiger partial charge on any atom is 0.160 e. The van der Waals surface area contributed by atoms with Crippen molar-refractivity contribution in [3.63, 3.8) is 0 Å². The first-order valence-corrected chi connectivity index (χ1v) is 12.5. The number of rotatable bonds is 3. The SMILES string of the molecule is Cc1cc(-c2cc3ccccc3c3ccccc23)nc(-c2ccc(-c3nccc4ccccc34)cc2)n1. The minimum atomic E-state index is 0.727. The van der Waals surface area contributed by atoms with E-state index < -0.39 is 0 Å². The molecule has 0 aliphatic heterocycles. The molecule has 0 bridgehead atoms. The van der Waals surface area contributed by atoms with E-state index in [1.54, 1.807) is 0 Å². The molecule has 0 unspecified atom stereocenters. The van der Waals surface area contributed by atoms with E-state index >= 15 is 0 Å². The molecule has 0 spiro atoms. The fraction of sp³-hybridized carbons (Fsp3) is 0.0294. The van der Waals surface area contributed by atoms with Crippen molar-refractivity contribution in [2.24, 2.45) is 0 Å². The van der Waals surface area contributed by atoms with Crippen molar-refractivity contribution in [3.8, 4) is 33.9 Å². The van der Waals surface area contributed by atoms with E-state index in [9.17, 15) is 0 Å². The lowest BCUT2D eigenvalue weighted by molar-refractivity contribution is 1.12. The third-order valence-electron chi connectivity index (χ3n) is 6.99. The molecule has 174 valence electrons. The molecule has 2 heterocycles. The maximum atomic E-state index is 5.06. The number of benzene rings is 5. The Labute approximate surface area is 215 Å². The van der Waals surface area contributed by atoms with Crippen molar-refractivity contribution < 1.29 is 0 Å². The molecule has 37 heavy (non-hydrogen) atoms. The monoisotopic (exact) mass is 473 g/mol. The average molecular weight is 474 g/mol. The molecule has 0 fully saturated rings. The van der Waals surface area contributed by atoms with E-state index in [-0.39, 0.29) is 0 Å². The van der Waals surface area contributed by atoms with Crippen LogP contribution in [0, 0.1) is 6.92 Å². The first kappa shape index (κ1) is 21.4. The van der Waals surface area contributed by atoms with Crippen LogP contribution in [-0.2, 0) is 0 Å². The Morgan fingerprint density at radius 1 is 0.514 bits per heavy atom. The summed E-state index contributed by atoms with van der Waals surface area (Å²) >= 11 is 0. The lowest BCUT2D eigenvalue weighted by Crippen LogP contribution is -1.96. The second-order valence-electron chi connectivity index (χ2n) is 9.37. The van der Waals surface area contributed by atoms with Crippen LogP contribution in [0.25, 0.3) is 66.2 Å². The zero-order valence-electron chi connectivity index (χ0n) is 20.4. The van der Waals surface area contributed by atoms with E-state index in [2.05, 4.69) is 114 Å². The molecular weight excluding hydrogens is 450 g/mol. The third-order valence-corrected chi connectivity index (χ3v) is 6.99. The van der Waals surface area contributed by atoms with Crippen LogP contribution in [0.4, 0.5) is 0 Å². The molecule has 0 saturated heterocycles. The highest BCUT2D eigenvalue weighted by atomic mass is 14.9. The van der Waals surface area contributed by atoms with Gasteiger partial charge in [0.1, 0.15) is 0 Å². The zero-order chi connectivity index (χ0) is 24.8. The largest absolute Gasteiger partial charge is 0.256 e. The number of pyridine rings is 1. The van der Waals surface area contributed by atoms with Crippen molar-refractivity contribution in [2.45, 2.75) is 6.92 Å². The second kappa shape index (κ2) is 8.65. The van der Waals surface area contributed by atoms with Gasteiger partial charge in [-0.15, -0.1) is 0 Å². The van der Waals surface area contributed by atoms with E-state index in [1.165, 1.54) is 26.9 Å². The van der Waals surface area contributed by atoms with Crippen molar-refractivity contribution in [1.82, 2.24) is 15.0 Å². The molecule has 0 saturated carbocycles. The van der Waals surface area contributed by atoms with Crippen molar-refractivity contribution in [3.05, 3.63) is 127 Å². The van der Waals surface area contributed by atoms with E-state index in [0.29, 0.717) is 0 Å². The van der Waals surface area contributed by atoms with Gasteiger partial charge in [-0.25, -0.2) is 9.97 Å². The highest BCUT2D eigenvalue weighted by Gasteiger charge is 2.13. The Morgan fingerprint density at radius 3 is 1.97 bits per heavy atom. The minimum Gasteiger partial charge on any atom is -0.256 e. The Balaban J connectivity index is 1.35. The summed E-state index contributed by atoms with van der Waals surface area (Å²) in [5, 5.41) is 7.23. The molecule has 2 aromatic heterocycles. The molecule has 7 rings (SSSR count). The van der Waals surface area contributed by atoms with Gasteiger partial charge in [0.05, 0.1) is 11.4 Å². The quantitative estimate of drug-likeness (QED) is 0.241. The summed E-state index contributed by atoms with van der Waals surface area (Å²) in [4.78, 5) is 14.5. The Kier molecular flexibility index (Phi) is 5.00. The Bertz CT molecular complexity index is 1930. The molecule has 5 aromatic carbocycles. The molecule has 0 radical (unpaired) electrons. The summed E-state index contributed by atoms with van der Waals surface area (Å²) in [6.45, 7) is 2.03. The van der Waals surface area contributed by atoms with E-state index in [4.69, 9.17) is 9.97 Å². The topological polar surface area (TPSA) is 38.7 Å². The summed E-state index contributed by atoms with van der Waals surface area (Å²) in [5.74, 6) is 0.727. The number of fused-ring (bicyclic) bond motifs is 4. The molecular formula is C34H23N3. The molecule has 3 nitrogen and oxygen atoms in total. The summed E-state index contributed by atoms with van der Waals surface area (Å²) in [5.41, 5.74) is 6.05. The van der Waals surface area contributed by atoms with Crippen LogP contribution in [0.3, 0.4) is 0 Å². The van der Waals surface area contributed by atoms with Crippen LogP contribution in [0.15, 0.2) is 121 Å². The lowest BCUT2D eigenvalue weighted by Gasteiger charge is -2.12. The van der Waals surface area contributed by atoms with Gasteiger partial charge in [-0.05, 0) is 52.1 Å². The van der Waals surface area contributed by atoms with Gasteiger partial charge in [0.2, 0.25) is 0 Å². The predicted molar refractivity (Wildman–Crippen MR) is 153 cm³/mol. The third kappa shape index (κ3) is 3.73. The second-order valence-corrected chi connectivity index (χ2v) is 9.37. The number of nitrogens with zero attached hydrogens (tertiary/aromatic N) is 3. The minimum absolute atomic E-state index is 0.727. The van der Waals surface area contributed by atoms with E-state index in [1.807, 2.05) is 19.2 Å². The molecule has 3 heteroatoms.